The van der Waals surface area contributed by atoms with Crippen LogP contribution in [0.1, 0.15) is 52.9 Å². The summed E-state index contributed by atoms with van der Waals surface area (Å²) in [4.78, 5) is 36.7. The van der Waals surface area contributed by atoms with Crippen molar-refractivity contribution < 1.29 is 14.3 Å². The molecular weight excluding hydrogens is 480 g/mol. The number of amides is 2. The Morgan fingerprint density at radius 2 is 1.79 bits per heavy atom. The Balaban J connectivity index is 1.56. The van der Waals surface area contributed by atoms with Gasteiger partial charge in [-0.2, -0.15) is 5.26 Å². The lowest BCUT2D eigenvalue weighted by molar-refractivity contribution is 0.0916. The Labute approximate surface area is 222 Å². The molecule has 0 atom stereocenters. The largest absolute Gasteiger partial charge is 0.378 e. The van der Waals surface area contributed by atoms with Crippen molar-refractivity contribution in [2.75, 3.05) is 37.7 Å². The Morgan fingerprint density at radius 1 is 1.05 bits per heavy atom. The fraction of sp³-hybridized carbons (Fsp3) is 0.345. The number of hydrogen-bond acceptors (Lipinski definition) is 7. The van der Waals surface area contributed by atoms with Gasteiger partial charge in [-0.3, -0.25) is 9.59 Å². The van der Waals surface area contributed by atoms with Crippen LogP contribution in [0.2, 0.25) is 0 Å². The van der Waals surface area contributed by atoms with E-state index in [0.29, 0.717) is 36.6 Å². The number of anilines is 1. The average molecular weight is 513 g/mol. The first-order valence-electron chi connectivity index (χ1n) is 12.6. The Morgan fingerprint density at radius 3 is 2.47 bits per heavy atom. The van der Waals surface area contributed by atoms with E-state index in [1.807, 2.05) is 63.2 Å². The zero-order valence-corrected chi connectivity index (χ0v) is 22.0. The molecular formula is C29H32N6O3. The molecule has 0 radical (unpaired) electrons. The molecule has 1 aliphatic heterocycles. The number of ether oxygens (including phenoxy) is 1. The van der Waals surface area contributed by atoms with Gasteiger partial charge in [0.15, 0.2) is 0 Å². The van der Waals surface area contributed by atoms with Crippen LogP contribution in [0.3, 0.4) is 0 Å². The van der Waals surface area contributed by atoms with Crippen LogP contribution < -0.4 is 15.5 Å². The molecule has 0 unspecified atom stereocenters. The molecule has 1 aliphatic rings. The van der Waals surface area contributed by atoms with E-state index in [9.17, 15) is 9.59 Å². The molecule has 1 fully saturated rings. The Kier molecular flexibility index (Phi) is 8.34. The lowest BCUT2D eigenvalue weighted by Crippen LogP contribution is -2.42. The second-order valence-corrected chi connectivity index (χ2v) is 10.1. The van der Waals surface area contributed by atoms with Gasteiger partial charge in [0.05, 0.1) is 30.5 Å². The quantitative estimate of drug-likeness (QED) is 0.466. The summed E-state index contributed by atoms with van der Waals surface area (Å²) in [6.07, 6.45) is 2.17. The summed E-state index contributed by atoms with van der Waals surface area (Å²) in [5, 5.41) is 14.3. The maximum atomic E-state index is 13.3. The monoisotopic (exact) mass is 512 g/mol. The maximum absolute atomic E-state index is 13.3. The van der Waals surface area contributed by atoms with Gasteiger partial charge in [0, 0.05) is 48.1 Å². The fourth-order valence-electron chi connectivity index (χ4n) is 4.20. The first-order chi connectivity index (χ1) is 18.2. The minimum atomic E-state index is -0.362. The molecule has 196 valence electrons. The average Bonchev–Trinajstić information content (AvgIpc) is 2.91. The number of morpholine rings is 1. The molecule has 3 aromatic rings. The molecule has 2 heterocycles. The lowest BCUT2D eigenvalue weighted by Gasteiger charge is -2.31. The van der Waals surface area contributed by atoms with Gasteiger partial charge in [-0.05, 0) is 56.7 Å². The molecule has 9 nitrogen and oxygen atoms in total. The predicted octanol–water partition coefficient (Wildman–Crippen LogP) is 3.35. The second kappa shape index (κ2) is 11.8. The van der Waals surface area contributed by atoms with Crippen molar-refractivity contribution in [3.8, 4) is 17.3 Å². The molecule has 9 heteroatoms. The van der Waals surface area contributed by atoms with Gasteiger partial charge in [-0.15, -0.1) is 0 Å². The highest BCUT2D eigenvalue weighted by Gasteiger charge is 2.22. The number of rotatable bonds is 7. The van der Waals surface area contributed by atoms with Crippen molar-refractivity contribution in [3.05, 3.63) is 77.2 Å². The Bertz CT molecular complexity index is 1340. The van der Waals surface area contributed by atoms with Gasteiger partial charge in [0.1, 0.15) is 12.4 Å². The number of aromatic nitrogens is 2. The smallest absolute Gasteiger partial charge is 0.253 e. The van der Waals surface area contributed by atoms with Crippen LogP contribution in [0.25, 0.3) is 11.3 Å². The van der Waals surface area contributed by atoms with Crippen molar-refractivity contribution in [1.82, 2.24) is 20.6 Å². The van der Waals surface area contributed by atoms with Crippen molar-refractivity contribution in [2.24, 2.45) is 0 Å². The molecule has 0 saturated carbocycles. The highest BCUT2D eigenvalue weighted by Crippen LogP contribution is 2.25. The van der Waals surface area contributed by atoms with Crippen LogP contribution >= 0.6 is 0 Å². The normalized spacial score (nSPS) is 13.5. The van der Waals surface area contributed by atoms with Gasteiger partial charge in [-0.1, -0.05) is 18.2 Å². The van der Waals surface area contributed by atoms with E-state index in [1.165, 1.54) is 0 Å². The molecule has 2 aromatic carbocycles. The van der Waals surface area contributed by atoms with Crippen molar-refractivity contribution in [1.29, 1.82) is 5.26 Å². The van der Waals surface area contributed by atoms with E-state index in [1.54, 1.807) is 18.3 Å². The number of nitrogens with one attached hydrogen (secondary N) is 2. The van der Waals surface area contributed by atoms with E-state index < -0.39 is 0 Å². The second-order valence-electron chi connectivity index (χ2n) is 10.1. The molecule has 2 amide bonds. The van der Waals surface area contributed by atoms with E-state index in [2.05, 4.69) is 20.5 Å². The molecule has 38 heavy (non-hydrogen) atoms. The van der Waals surface area contributed by atoms with Gasteiger partial charge >= 0.3 is 0 Å². The van der Waals surface area contributed by atoms with Gasteiger partial charge < -0.3 is 20.3 Å². The van der Waals surface area contributed by atoms with Crippen molar-refractivity contribution in [2.45, 2.75) is 32.7 Å². The summed E-state index contributed by atoms with van der Waals surface area (Å²) in [6, 6.07) is 16.7. The van der Waals surface area contributed by atoms with Crippen LogP contribution in [0.4, 0.5) is 5.69 Å². The first kappa shape index (κ1) is 26.8. The number of benzene rings is 2. The van der Waals surface area contributed by atoms with Gasteiger partial charge in [0.2, 0.25) is 0 Å². The fourth-order valence-corrected chi connectivity index (χ4v) is 4.20. The zero-order chi connectivity index (χ0) is 27.1. The van der Waals surface area contributed by atoms with Crippen molar-refractivity contribution >= 4 is 17.5 Å². The minimum Gasteiger partial charge on any atom is -0.378 e. The summed E-state index contributed by atoms with van der Waals surface area (Å²) < 4.78 is 5.50. The maximum Gasteiger partial charge on any atom is 0.253 e. The third-order valence-electron chi connectivity index (χ3n) is 5.98. The standard InChI is InChI=1S/C29H32N6O3/c1-29(2,3)34-28(37)23-18-20(4-9-25(23)35-14-16-38-17-15-35)19-26-31-12-10-24(33-26)21-5-7-22(8-6-21)27(36)32-13-11-30/h4-10,12,18H,13-17,19H2,1-3H3,(H,32,36)(H,34,37). The molecule has 0 spiro atoms. The van der Waals surface area contributed by atoms with Crippen molar-refractivity contribution in [3.63, 3.8) is 0 Å². The number of carbonyl (C=O) groups excluding carboxylic acids is 2. The summed E-state index contributed by atoms with van der Waals surface area (Å²) in [5.74, 6) is 0.211. The van der Waals surface area contributed by atoms with Crippen LogP contribution in [0.5, 0.6) is 0 Å². The van der Waals surface area contributed by atoms with Crippen LogP contribution in [-0.4, -0.2) is 60.2 Å². The molecule has 1 saturated heterocycles. The molecule has 4 rings (SSSR count). The lowest BCUT2D eigenvalue weighted by atomic mass is 10.0. The number of hydrogen-bond donors (Lipinski definition) is 2. The third kappa shape index (κ3) is 6.93. The first-order valence-corrected chi connectivity index (χ1v) is 12.6. The van der Waals surface area contributed by atoms with E-state index in [0.717, 1.165) is 35.6 Å². The molecule has 0 aliphatic carbocycles. The molecule has 0 bridgehead atoms. The number of nitrogens with zero attached hydrogens (tertiary/aromatic N) is 4. The highest BCUT2D eigenvalue weighted by atomic mass is 16.5. The van der Waals surface area contributed by atoms with Crippen LogP contribution in [0.15, 0.2) is 54.7 Å². The van der Waals surface area contributed by atoms with Gasteiger partial charge in [-0.25, -0.2) is 9.97 Å². The van der Waals surface area contributed by atoms with Gasteiger partial charge in [0.25, 0.3) is 11.8 Å². The van der Waals surface area contributed by atoms with Crippen LogP contribution in [0, 0.1) is 11.3 Å². The SMILES string of the molecule is CC(C)(C)NC(=O)c1cc(Cc2nccc(-c3ccc(C(=O)NCC#N)cc3)n2)ccc1N1CCOCC1. The topological polar surface area (TPSA) is 120 Å². The summed E-state index contributed by atoms with van der Waals surface area (Å²) in [5.41, 5.74) is 4.14. The van der Waals surface area contributed by atoms with E-state index >= 15 is 0 Å². The molecule has 1 aromatic heterocycles. The third-order valence-corrected chi connectivity index (χ3v) is 5.98. The zero-order valence-electron chi connectivity index (χ0n) is 22.0. The number of nitriles is 1. The predicted molar refractivity (Wildman–Crippen MR) is 145 cm³/mol. The van der Waals surface area contributed by atoms with E-state index in [4.69, 9.17) is 15.0 Å². The summed E-state index contributed by atoms with van der Waals surface area (Å²) in [6.45, 7) is 8.60. The Hall–Kier alpha value is -4.29. The minimum absolute atomic E-state index is 0.0388. The summed E-state index contributed by atoms with van der Waals surface area (Å²) in [7, 11) is 0. The highest BCUT2D eigenvalue weighted by molar-refractivity contribution is 6.00. The van der Waals surface area contributed by atoms with E-state index in [-0.39, 0.29) is 23.9 Å². The van der Waals surface area contributed by atoms with Crippen LogP contribution in [-0.2, 0) is 11.2 Å². The summed E-state index contributed by atoms with van der Waals surface area (Å²) >= 11 is 0. The number of carbonyl (C=O) groups is 2. The molecule has 2 N–H and O–H groups in total.